The van der Waals surface area contributed by atoms with Crippen molar-refractivity contribution in [1.29, 1.82) is 0 Å². The summed E-state index contributed by atoms with van der Waals surface area (Å²) < 4.78 is 10.4. The van der Waals surface area contributed by atoms with Crippen LogP contribution < -0.4 is 10.6 Å². The number of nitrogens with one attached hydrogen (secondary N) is 2. The van der Waals surface area contributed by atoms with Gasteiger partial charge in [-0.3, -0.25) is 9.59 Å². The molecule has 1 aliphatic carbocycles. The van der Waals surface area contributed by atoms with Crippen molar-refractivity contribution < 1.29 is 18.5 Å². The molecule has 0 radical (unpaired) electrons. The van der Waals surface area contributed by atoms with Gasteiger partial charge in [0.15, 0.2) is 5.76 Å². The fraction of sp³-hybridized carbons (Fsp3) is 0.130. The number of nitrogens with zero attached hydrogens (tertiary/aromatic N) is 2. The minimum absolute atomic E-state index is 0.215. The highest BCUT2D eigenvalue weighted by Gasteiger charge is 2.29. The normalized spacial score (nSPS) is 13.0. The van der Waals surface area contributed by atoms with Crippen molar-refractivity contribution >= 4 is 23.2 Å². The van der Waals surface area contributed by atoms with E-state index in [-0.39, 0.29) is 17.6 Å². The zero-order chi connectivity index (χ0) is 21.2. The minimum atomic E-state index is -0.356. The van der Waals surface area contributed by atoms with Crippen LogP contribution in [-0.4, -0.2) is 22.0 Å². The van der Waals surface area contributed by atoms with Crippen LogP contribution in [0.2, 0.25) is 0 Å². The smallest absolute Gasteiger partial charge is 0.291 e. The first kappa shape index (κ1) is 18.8. The summed E-state index contributed by atoms with van der Waals surface area (Å²) in [5, 5.41) is 9.62. The highest BCUT2D eigenvalue weighted by molar-refractivity contribution is 6.05. The van der Waals surface area contributed by atoms with Crippen molar-refractivity contribution in [2.45, 2.75) is 18.8 Å². The maximum Gasteiger partial charge on any atom is 0.291 e. The first-order valence-corrected chi connectivity index (χ1v) is 9.86. The van der Waals surface area contributed by atoms with E-state index in [1.54, 1.807) is 48.5 Å². The number of anilines is 2. The van der Waals surface area contributed by atoms with Gasteiger partial charge in [-0.2, -0.15) is 4.98 Å². The molecule has 2 N–H and O–H groups in total. The number of hydrogen-bond acceptors (Lipinski definition) is 6. The largest absolute Gasteiger partial charge is 0.459 e. The summed E-state index contributed by atoms with van der Waals surface area (Å²) in [4.78, 5) is 29.1. The van der Waals surface area contributed by atoms with Crippen molar-refractivity contribution in [3.05, 3.63) is 84.1 Å². The predicted octanol–water partition coefficient (Wildman–Crippen LogP) is 4.71. The Bertz CT molecular complexity index is 1220. The highest BCUT2D eigenvalue weighted by atomic mass is 16.5. The molecule has 0 bridgehead atoms. The lowest BCUT2D eigenvalue weighted by molar-refractivity contribution is 0.0995. The quantitative estimate of drug-likeness (QED) is 0.473. The Hall–Kier alpha value is -4.20. The summed E-state index contributed by atoms with van der Waals surface area (Å²) in [5.74, 6) is 1.15. The lowest BCUT2D eigenvalue weighted by Gasteiger charge is -2.08. The van der Waals surface area contributed by atoms with Crippen LogP contribution in [0.1, 0.15) is 45.6 Å². The van der Waals surface area contributed by atoms with E-state index < -0.39 is 0 Å². The van der Waals surface area contributed by atoms with E-state index in [0.717, 1.165) is 18.4 Å². The second-order valence-corrected chi connectivity index (χ2v) is 7.27. The van der Waals surface area contributed by atoms with Gasteiger partial charge in [0, 0.05) is 28.4 Å². The number of hydrogen-bond donors (Lipinski definition) is 2. The average Bonchev–Trinajstić information content (AvgIpc) is 3.27. The van der Waals surface area contributed by atoms with Gasteiger partial charge < -0.3 is 19.6 Å². The van der Waals surface area contributed by atoms with Gasteiger partial charge in [0.2, 0.25) is 11.7 Å². The van der Waals surface area contributed by atoms with E-state index in [1.165, 1.54) is 6.26 Å². The Kier molecular flexibility index (Phi) is 4.80. The van der Waals surface area contributed by atoms with Gasteiger partial charge in [0.1, 0.15) is 0 Å². The van der Waals surface area contributed by atoms with E-state index in [9.17, 15) is 9.59 Å². The third kappa shape index (κ3) is 4.23. The van der Waals surface area contributed by atoms with Gasteiger partial charge in [-0.25, -0.2) is 0 Å². The zero-order valence-electron chi connectivity index (χ0n) is 16.4. The summed E-state index contributed by atoms with van der Waals surface area (Å²) in [6, 6.07) is 17.1. The van der Waals surface area contributed by atoms with Crippen LogP contribution in [0.5, 0.6) is 0 Å². The molecule has 2 amide bonds. The third-order valence-electron chi connectivity index (χ3n) is 4.90. The first-order chi connectivity index (χ1) is 15.2. The Labute approximate surface area is 177 Å². The summed E-state index contributed by atoms with van der Waals surface area (Å²) in [6.07, 6.45) is 3.61. The maximum atomic E-state index is 12.6. The van der Waals surface area contributed by atoms with Gasteiger partial charge >= 0.3 is 0 Å². The predicted molar refractivity (Wildman–Crippen MR) is 113 cm³/mol. The van der Waals surface area contributed by atoms with Crippen molar-refractivity contribution in [1.82, 2.24) is 10.1 Å². The Morgan fingerprint density at radius 2 is 1.71 bits per heavy atom. The lowest BCUT2D eigenvalue weighted by atomic mass is 10.1. The van der Waals surface area contributed by atoms with E-state index in [2.05, 4.69) is 20.8 Å². The summed E-state index contributed by atoms with van der Waals surface area (Å²) in [5.41, 5.74) is 2.40. The topological polar surface area (TPSA) is 110 Å². The molecule has 8 heteroatoms. The molecule has 1 saturated carbocycles. The summed E-state index contributed by atoms with van der Waals surface area (Å²) >= 11 is 0. The fourth-order valence-corrected chi connectivity index (χ4v) is 3.09. The second-order valence-electron chi connectivity index (χ2n) is 7.27. The van der Waals surface area contributed by atoms with Crippen LogP contribution in [0.25, 0.3) is 11.4 Å². The molecule has 0 saturated heterocycles. The standard InChI is InChI=1S/C23H18N4O4/c28-21(14-8-10-17(11-9-14)24-22(29)19-5-2-12-30-19)25-18-4-1-3-16(13-18)20-26-23(31-27-20)15-6-7-15/h1-5,8-13,15H,6-7H2,(H,24,29)(H,25,28). The van der Waals surface area contributed by atoms with Crippen molar-refractivity contribution in [2.75, 3.05) is 10.6 Å². The zero-order valence-corrected chi connectivity index (χ0v) is 16.4. The van der Waals surface area contributed by atoms with E-state index in [4.69, 9.17) is 8.94 Å². The van der Waals surface area contributed by atoms with Crippen LogP contribution in [-0.2, 0) is 0 Å². The molecule has 31 heavy (non-hydrogen) atoms. The SMILES string of the molecule is O=C(Nc1cccc(-c2noc(C3CC3)n2)c1)c1ccc(NC(=O)c2ccco2)cc1. The summed E-state index contributed by atoms with van der Waals surface area (Å²) in [7, 11) is 0. The molecule has 5 rings (SSSR count). The number of amides is 2. The van der Waals surface area contributed by atoms with Crippen LogP contribution >= 0.6 is 0 Å². The van der Waals surface area contributed by atoms with Crippen molar-refractivity contribution in [2.24, 2.45) is 0 Å². The Morgan fingerprint density at radius 1 is 0.903 bits per heavy atom. The third-order valence-corrected chi connectivity index (χ3v) is 4.90. The summed E-state index contributed by atoms with van der Waals surface area (Å²) in [6.45, 7) is 0. The Morgan fingerprint density at radius 3 is 2.45 bits per heavy atom. The lowest BCUT2D eigenvalue weighted by Crippen LogP contribution is -2.13. The number of benzene rings is 2. The molecule has 1 fully saturated rings. The fourth-order valence-electron chi connectivity index (χ4n) is 3.09. The van der Waals surface area contributed by atoms with E-state index in [1.807, 2.05) is 12.1 Å². The molecule has 0 spiro atoms. The molecule has 154 valence electrons. The van der Waals surface area contributed by atoms with Gasteiger partial charge in [-0.15, -0.1) is 0 Å². The number of carbonyl (C=O) groups is 2. The molecule has 2 aromatic carbocycles. The average molecular weight is 414 g/mol. The van der Waals surface area contributed by atoms with Crippen LogP contribution in [0, 0.1) is 0 Å². The molecule has 1 aliphatic rings. The van der Waals surface area contributed by atoms with Crippen LogP contribution in [0.15, 0.2) is 75.9 Å². The number of rotatable bonds is 6. The molecular formula is C23H18N4O4. The highest BCUT2D eigenvalue weighted by Crippen LogP contribution is 2.39. The van der Waals surface area contributed by atoms with Crippen LogP contribution in [0.3, 0.4) is 0 Å². The molecule has 8 nitrogen and oxygen atoms in total. The van der Waals surface area contributed by atoms with Crippen molar-refractivity contribution in [3.63, 3.8) is 0 Å². The van der Waals surface area contributed by atoms with Gasteiger partial charge in [-0.05, 0) is 61.4 Å². The number of furan rings is 1. The molecule has 2 aromatic heterocycles. The monoisotopic (exact) mass is 414 g/mol. The van der Waals surface area contributed by atoms with E-state index >= 15 is 0 Å². The minimum Gasteiger partial charge on any atom is -0.459 e. The molecule has 4 aromatic rings. The van der Waals surface area contributed by atoms with Gasteiger partial charge in [0.05, 0.1) is 6.26 Å². The first-order valence-electron chi connectivity index (χ1n) is 9.86. The number of aromatic nitrogens is 2. The molecular weight excluding hydrogens is 396 g/mol. The van der Waals surface area contributed by atoms with Gasteiger partial charge in [0.25, 0.3) is 11.8 Å². The Balaban J connectivity index is 1.25. The van der Waals surface area contributed by atoms with E-state index in [0.29, 0.717) is 34.6 Å². The second kappa shape index (κ2) is 7.91. The molecule has 0 unspecified atom stereocenters. The molecule has 0 aliphatic heterocycles. The number of carbonyl (C=O) groups excluding carboxylic acids is 2. The van der Waals surface area contributed by atoms with Crippen LogP contribution in [0.4, 0.5) is 11.4 Å². The van der Waals surface area contributed by atoms with Gasteiger partial charge in [-0.1, -0.05) is 17.3 Å². The maximum absolute atomic E-state index is 12.6. The molecule has 0 atom stereocenters. The molecule has 2 heterocycles. The van der Waals surface area contributed by atoms with Crippen molar-refractivity contribution in [3.8, 4) is 11.4 Å².